The number of nitrogens with zero attached hydrogens (tertiary/aromatic N) is 5. The van der Waals surface area contributed by atoms with Crippen molar-refractivity contribution in [3.05, 3.63) is 78.6 Å². The number of para-hydroxylation sites is 1. The Morgan fingerprint density at radius 3 is 2.31 bits per heavy atom. The molecule has 32 heavy (non-hydrogen) atoms. The van der Waals surface area contributed by atoms with Crippen LogP contribution in [-0.2, 0) is 6.18 Å². The second-order valence-corrected chi connectivity index (χ2v) is 6.83. The molecule has 0 atom stereocenters. The van der Waals surface area contributed by atoms with E-state index in [0.29, 0.717) is 11.4 Å². The predicted octanol–water partition coefficient (Wildman–Crippen LogP) is 5.24. The van der Waals surface area contributed by atoms with Crippen molar-refractivity contribution in [2.45, 2.75) is 6.18 Å². The fourth-order valence-electron chi connectivity index (χ4n) is 3.27. The maximum absolute atomic E-state index is 13.6. The van der Waals surface area contributed by atoms with Gasteiger partial charge in [-0.2, -0.15) is 28.2 Å². The molecule has 0 radical (unpaired) electrons. The van der Waals surface area contributed by atoms with Gasteiger partial charge in [0.05, 0.1) is 11.1 Å². The van der Waals surface area contributed by atoms with E-state index in [2.05, 4.69) is 35.5 Å². The Kier molecular flexibility index (Phi) is 4.74. The summed E-state index contributed by atoms with van der Waals surface area (Å²) in [5, 5.41) is 10.9. The minimum atomic E-state index is -4.56. The average molecular weight is 433 g/mol. The predicted molar refractivity (Wildman–Crippen MR) is 113 cm³/mol. The topological polar surface area (TPSA) is 92.3 Å². The van der Waals surface area contributed by atoms with Crippen LogP contribution in [0.3, 0.4) is 0 Å². The zero-order valence-corrected chi connectivity index (χ0v) is 16.3. The molecular formula is C22H14F3N7. The third-order valence-electron chi connectivity index (χ3n) is 4.75. The van der Waals surface area contributed by atoms with Gasteiger partial charge in [-0.1, -0.05) is 30.3 Å². The van der Waals surface area contributed by atoms with E-state index < -0.39 is 11.7 Å². The maximum Gasteiger partial charge on any atom is 0.417 e. The molecule has 3 aromatic heterocycles. The number of hydrogen-bond acceptors (Lipinski definition) is 6. The Bertz CT molecular complexity index is 1400. The van der Waals surface area contributed by atoms with Gasteiger partial charge in [-0.05, 0) is 30.3 Å². The highest BCUT2D eigenvalue weighted by Gasteiger charge is 2.34. The number of anilines is 2. The molecule has 0 spiro atoms. The van der Waals surface area contributed by atoms with Crippen molar-refractivity contribution in [2.24, 2.45) is 0 Å². The van der Waals surface area contributed by atoms with Crippen molar-refractivity contribution >= 4 is 22.7 Å². The number of alkyl halides is 3. The van der Waals surface area contributed by atoms with E-state index >= 15 is 0 Å². The van der Waals surface area contributed by atoms with Crippen molar-refractivity contribution in [1.82, 2.24) is 30.1 Å². The fraction of sp³-hybridized carbons (Fsp3) is 0.0455. The number of aromatic amines is 1. The molecular weight excluding hydrogens is 419 g/mol. The van der Waals surface area contributed by atoms with Gasteiger partial charge in [0.15, 0.2) is 17.5 Å². The number of aromatic nitrogens is 6. The molecule has 0 bridgehead atoms. The number of rotatable bonds is 4. The fourth-order valence-corrected chi connectivity index (χ4v) is 3.27. The Balaban J connectivity index is 1.67. The van der Waals surface area contributed by atoms with E-state index in [4.69, 9.17) is 0 Å². The van der Waals surface area contributed by atoms with E-state index in [-0.39, 0.29) is 23.2 Å². The standard InChI is InChI=1S/C22H14F3N7/c23-22(24,25)16-7-3-1-5-14(16)19-27-18(13-9-11-26-12-10-13)28-21(29-19)30-20-15-6-2-4-8-17(15)31-32-20/h1-12H,(H2,27,28,29,30,31,32). The van der Waals surface area contributed by atoms with E-state index in [0.717, 1.165) is 17.0 Å². The summed E-state index contributed by atoms with van der Waals surface area (Å²) in [5.74, 6) is 0.609. The summed E-state index contributed by atoms with van der Waals surface area (Å²) >= 11 is 0. The highest BCUT2D eigenvalue weighted by Crippen LogP contribution is 2.36. The lowest BCUT2D eigenvalue weighted by atomic mass is 10.1. The first-order valence-corrected chi connectivity index (χ1v) is 9.52. The third kappa shape index (κ3) is 3.73. The van der Waals surface area contributed by atoms with Gasteiger partial charge in [-0.15, -0.1) is 0 Å². The molecule has 0 aliphatic carbocycles. The first kappa shape index (κ1) is 19.6. The zero-order chi connectivity index (χ0) is 22.1. The van der Waals surface area contributed by atoms with Gasteiger partial charge in [-0.3, -0.25) is 10.1 Å². The molecule has 5 rings (SSSR count). The first-order chi connectivity index (χ1) is 15.5. The Morgan fingerprint density at radius 1 is 0.781 bits per heavy atom. The highest BCUT2D eigenvalue weighted by molar-refractivity contribution is 5.90. The average Bonchev–Trinajstić information content (AvgIpc) is 3.22. The zero-order valence-electron chi connectivity index (χ0n) is 16.3. The van der Waals surface area contributed by atoms with Crippen LogP contribution in [0.1, 0.15) is 5.56 Å². The lowest BCUT2D eigenvalue weighted by molar-refractivity contribution is -0.137. The molecule has 10 heteroatoms. The lowest BCUT2D eigenvalue weighted by Crippen LogP contribution is -2.10. The Hall–Kier alpha value is -4.34. The van der Waals surface area contributed by atoms with Crippen LogP contribution >= 0.6 is 0 Å². The second kappa shape index (κ2) is 7.73. The number of H-pyrrole nitrogens is 1. The molecule has 5 aromatic rings. The van der Waals surface area contributed by atoms with Crippen molar-refractivity contribution in [1.29, 1.82) is 0 Å². The molecule has 0 unspecified atom stereocenters. The number of pyridine rings is 1. The molecule has 2 aromatic carbocycles. The van der Waals surface area contributed by atoms with Crippen molar-refractivity contribution in [3.63, 3.8) is 0 Å². The van der Waals surface area contributed by atoms with Crippen LogP contribution in [0.5, 0.6) is 0 Å². The summed E-state index contributed by atoms with van der Waals surface area (Å²) in [7, 11) is 0. The maximum atomic E-state index is 13.6. The number of fused-ring (bicyclic) bond motifs is 1. The molecule has 158 valence electrons. The normalized spacial score (nSPS) is 11.6. The van der Waals surface area contributed by atoms with Crippen molar-refractivity contribution < 1.29 is 13.2 Å². The Labute approximate surface area is 179 Å². The van der Waals surface area contributed by atoms with Gasteiger partial charge in [0.25, 0.3) is 0 Å². The molecule has 7 nitrogen and oxygen atoms in total. The van der Waals surface area contributed by atoms with Crippen molar-refractivity contribution in [3.8, 4) is 22.8 Å². The van der Waals surface area contributed by atoms with Crippen LogP contribution in [0.25, 0.3) is 33.7 Å². The molecule has 0 amide bonds. The van der Waals surface area contributed by atoms with Gasteiger partial charge >= 0.3 is 6.18 Å². The summed E-state index contributed by atoms with van der Waals surface area (Å²) < 4.78 is 40.9. The quantitative estimate of drug-likeness (QED) is 0.403. The minimum Gasteiger partial charge on any atom is -0.307 e. The van der Waals surface area contributed by atoms with E-state index in [1.54, 1.807) is 24.5 Å². The van der Waals surface area contributed by atoms with Gasteiger partial charge in [0, 0.05) is 28.9 Å². The highest BCUT2D eigenvalue weighted by atomic mass is 19.4. The van der Waals surface area contributed by atoms with Gasteiger partial charge in [-0.25, -0.2) is 4.98 Å². The molecule has 2 N–H and O–H groups in total. The minimum absolute atomic E-state index is 0.0658. The summed E-state index contributed by atoms with van der Waals surface area (Å²) in [6.45, 7) is 0. The van der Waals surface area contributed by atoms with E-state index in [9.17, 15) is 13.2 Å². The number of nitrogens with one attached hydrogen (secondary N) is 2. The van der Waals surface area contributed by atoms with E-state index in [1.807, 2.05) is 24.3 Å². The van der Waals surface area contributed by atoms with Gasteiger partial charge in [0.1, 0.15) is 0 Å². The SMILES string of the molecule is FC(F)(F)c1ccccc1-c1nc(Nc2n[nH]c3ccccc23)nc(-c2ccncc2)n1. The summed E-state index contributed by atoms with van der Waals surface area (Å²) in [4.78, 5) is 17.0. The lowest BCUT2D eigenvalue weighted by Gasteiger charge is -2.13. The van der Waals surface area contributed by atoms with Crippen LogP contribution in [0.4, 0.5) is 24.9 Å². The van der Waals surface area contributed by atoms with E-state index in [1.165, 1.54) is 18.2 Å². The van der Waals surface area contributed by atoms with Crippen LogP contribution < -0.4 is 5.32 Å². The largest absolute Gasteiger partial charge is 0.417 e. The molecule has 3 heterocycles. The number of benzene rings is 2. The summed E-state index contributed by atoms with van der Waals surface area (Å²) in [5.41, 5.74) is 0.403. The van der Waals surface area contributed by atoms with Gasteiger partial charge < -0.3 is 5.32 Å². The number of halogens is 3. The first-order valence-electron chi connectivity index (χ1n) is 9.52. The third-order valence-corrected chi connectivity index (χ3v) is 4.75. The van der Waals surface area contributed by atoms with Gasteiger partial charge in [0.2, 0.25) is 5.95 Å². The molecule has 0 saturated carbocycles. The van der Waals surface area contributed by atoms with Crippen LogP contribution in [0.15, 0.2) is 73.1 Å². The molecule has 0 aliphatic rings. The second-order valence-electron chi connectivity index (χ2n) is 6.83. The molecule has 0 saturated heterocycles. The monoisotopic (exact) mass is 433 g/mol. The summed E-state index contributed by atoms with van der Waals surface area (Å²) in [6, 6.07) is 15.9. The van der Waals surface area contributed by atoms with Crippen LogP contribution in [0.2, 0.25) is 0 Å². The van der Waals surface area contributed by atoms with Crippen molar-refractivity contribution in [2.75, 3.05) is 5.32 Å². The number of hydrogen-bond donors (Lipinski definition) is 2. The van der Waals surface area contributed by atoms with Crippen LogP contribution in [0, 0.1) is 0 Å². The molecule has 0 fully saturated rings. The Morgan fingerprint density at radius 2 is 1.50 bits per heavy atom. The summed E-state index contributed by atoms with van der Waals surface area (Å²) in [6.07, 6.45) is -1.46. The van der Waals surface area contributed by atoms with Crippen LogP contribution in [-0.4, -0.2) is 30.1 Å². The smallest absolute Gasteiger partial charge is 0.307 e. The molecule has 0 aliphatic heterocycles.